The van der Waals surface area contributed by atoms with E-state index in [-0.39, 0.29) is 5.41 Å². The van der Waals surface area contributed by atoms with Gasteiger partial charge in [-0.05, 0) is 39.6 Å². The Morgan fingerprint density at radius 3 is 2.04 bits per heavy atom. The van der Waals surface area contributed by atoms with Crippen molar-refractivity contribution in [1.82, 2.24) is 4.98 Å². The van der Waals surface area contributed by atoms with E-state index < -0.39 is 0 Å². The van der Waals surface area contributed by atoms with Crippen LogP contribution >= 0.6 is 0 Å². The smallest absolute Gasteiger partial charge is 0.0708 e. The van der Waals surface area contributed by atoms with Crippen LogP contribution in [0.5, 0.6) is 0 Å². The second kappa shape index (κ2) is 6.42. The van der Waals surface area contributed by atoms with Crippen molar-refractivity contribution in [2.75, 3.05) is 0 Å². The highest BCUT2D eigenvalue weighted by Crippen LogP contribution is 2.29. The predicted octanol–water partition coefficient (Wildman–Crippen LogP) is 6.87. The highest BCUT2D eigenvalue weighted by Gasteiger charge is 2.13. The number of benzene rings is 3. The number of rotatable bonds is 2. The van der Waals surface area contributed by atoms with Gasteiger partial charge in [0.25, 0.3) is 0 Å². The lowest BCUT2D eigenvalue weighted by Gasteiger charge is -2.19. The van der Waals surface area contributed by atoms with Crippen molar-refractivity contribution in [1.29, 1.82) is 0 Å². The van der Waals surface area contributed by atoms with Crippen LogP contribution in [-0.4, -0.2) is 4.98 Å². The van der Waals surface area contributed by atoms with E-state index in [9.17, 15) is 0 Å². The Balaban J connectivity index is 1.72. The van der Waals surface area contributed by atoms with Gasteiger partial charge in [0.2, 0.25) is 0 Å². The molecule has 0 saturated carbocycles. The molecule has 0 atom stereocenters. The van der Waals surface area contributed by atoms with Gasteiger partial charge in [0.05, 0.1) is 5.69 Å². The molecule has 3 aromatic carbocycles. The van der Waals surface area contributed by atoms with Gasteiger partial charge in [0, 0.05) is 17.1 Å². The van der Waals surface area contributed by atoms with E-state index in [0.717, 1.165) is 11.3 Å². The fraction of sp³-hybridized carbons (Fsp3) is 0.160. The third-order valence-electron chi connectivity index (χ3n) is 4.87. The fourth-order valence-corrected chi connectivity index (χ4v) is 3.26. The maximum Gasteiger partial charge on any atom is 0.0708 e. The van der Waals surface area contributed by atoms with Crippen LogP contribution in [0.3, 0.4) is 0 Å². The molecule has 26 heavy (non-hydrogen) atoms. The summed E-state index contributed by atoms with van der Waals surface area (Å²) in [5.74, 6) is 0. The quantitative estimate of drug-likeness (QED) is 0.389. The third kappa shape index (κ3) is 3.25. The number of fused-ring (bicyclic) bond motifs is 1. The fourth-order valence-electron chi connectivity index (χ4n) is 3.26. The van der Waals surface area contributed by atoms with Gasteiger partial charge in [0.15, 0.2) is 0 Å². The number of pyridine rings is 1. The highest BCUT2D eigenvalue weighted by molar-refractivity contribution is 5.85. The third-order valence-corrected chi connectivity index (χ3v) is 4.87. The molecule has 1 nitrogen and oxygen atoms in total. The minimum Gasteiger partial charge on any atom is -0.256 e. The van der Waals surface area contributed by atoms with Crippen LogP contribution in [0.25, 0.3) is 33.2 Å². The van der Waals surface area contributed by atoms with Crippen LogP contribution in [0.2, 0.25) is 0 Å². The van der Waals surface area contributed by atoms with Crippen molar-refractivity contribution >= 4 is 10.8 Å². The van der Waals surface area contributed by atoms with Crippen molar-refractivity contribution in [3.63, 3.8) is 0 Å². The van der Waals surface area contributed by atoms with Gasteiger partial charge in [0.1, 0.15) is 0 Å². The zero-order chi connectivity index (χ0) is 18.1. The van der Waals surface area contributed by atoms with Gasteiger partial charge in [-0.25, -0.2) is 0 Å². The van der Waals surface area contributed by atoms with Crippen molar-refractivity contribution in [3.8, 4) is 22.4 Å². The Bertz CT molecular complexity index is 1050. The molecule has 1 aromatic heterocycles. The first-order valence-corrected chi connectivity index (χ1v) is 9.07. The average Bonchev–Trinajstić information content (AvgIpc) is 2.67. The molecular formula is C25H23N. The first-order chi connectivity index (χ1) is 12.5. The van der Waals surface area contributed by atoms with E-state index in [1.54, 1.807) is 0 Å². The van der Waals surface area contributed by atoms with Crippen LogP contribution in [0.1, 0.15) is 26.3 Å². The maximum absolute atomic E-state index is 4.66. The number of hydrogen-bond acceptors (Lipinski definition) is 1. The molecule has 0 spiro atoms. The van der Waals surface area contributed by atoms with Crippen molar-refractivity contribution in [2.24, 2.45) is 0 Å². The molecule has 0 saturated heterocycles. The molecule has 0 aliphatic heterocycles. The number of nitrogens with zero attached hydrogens (tertiary/aromatic N) is 1. The number of hydrogen-bond donors (Lipinski definition) is 0. The minimum absolute atomic E-state index is 0.176. The van der Waals surface area contributed by atoms with E-state index in [1.165, 1.54) is 27.5 Å². The second-order valence-electron chi connectivity index (χ2n) is 7.82. The summed E-state index contributed by atoms with van der Waals surface area (Å²) in [5, 5.41) is 2.39. The van der Waals surface area contributed by atoms with Gasteiger partial charge in [-0.15, -0.1) is 0 Å². The molecule has 0 amide bonds. The van der Waals surface area contributed by atoms with Crippen molar-refractivity contribution < 1.29 is 0 Å². The van der Waals surface area contributed by atoms with Crippen LogP contribution in [0.4, 0.5) is 0 Å². The van der Waals surface area contributed by atoms with E-state index in [1.807, 2.05) is 12.3 Å². The average molecular weight is 337 g/mol. The highest BCUT2D eigenvalue weighted by atomic mass is 14.7. The molecule has 4 aromatic rings. The lowest BCUT2D eigenvalue weighted by molar-refractivity contribution is 0.590. The molecule has 0 aliphatic rings. The molecule has 0 unspecified atom stereocenters. The summed E-state index contributed by atoms with van der Waals surface area (Å²) in [7, 11) is 0. The molecule has 0 aliphatic carbocycles. The lowest BCUT2D eigenvalue weighted by atomic mass is 9.86. The zero-order valence-electron chi connectivity index (χ0n) is 15.5. The molecule has 128 valence electrons. The summed E-state index contributed by atoms with van der Waals surface area (Å²) in [6, 6.07) is 28.0. The normalized spacial score (nSPS) is 11.7. The first kappa shape index (κ1) is 16.5. The second-order valence-corrected chi connectivity index (χ2v) is 7.82. The molecule has 0 N–H and O–H groups in total. The summed E-state index contributed by atoms with van der Waals surface area (Å²) in [4.78, 5) is 4.66. The monoisotopic (exact) mass is 337 g/mol. The topological polar surface area (TPSA) is 12.9 Å². The van der Waals surface area contributed by atoms with Gasteiger partial charge in [-0.3, -0.25) is 4.98 Å². The van der Waals surface area contributed by atoms with Crippen molar-refractivity contribution in [2.45, 2.75) is 26.2 Å². The van der Waals surface area contributed by atoms with Gasteiger partial charge in [-0.1, -0.05) is 87.5 Å². The van der Waals surface area contributed by atoms with E-state index in [2.05, 4.69) is 98.6 Å². The Hall–Kier alpha value is -2.93. The molecular weight excluding hydrogens is 314 g/mol. The summed E-state index contributed by atoms with van der Waals surface area (Å²) in [5.41, 5.74) is 6.15. The molecule has 0 radical (unpaired) electrons. The first-order valence-electron chi connectivity index (χ1n) is 9.07. The SMILES string of the molecule is CC(C)(C)c1ccc(-c2cccc(-c3cc4ccccc4cn3)c2)cc1. The summed E-state index contributed by atoms with van der Waals surface area (Å²) < 4.78 is 0. The van der Waals surface area contributed by atoms with Gasteiger partial charge in [-0.2, -0.15) is 0 Å². The predicted molar refractivity (Wildman–Crippen MR) is 111 cm³/mol. The van der Waals surface area contributed by atoms with Crippen molar-refractivity contribution in [3.05, 3.63) is 90.6 Å². The minimum atomic E-state index is 0.176. The standard InChI is InChI=1S/C25H23N/c1-25(2,3)23-13-11-18(12-14-23)19-9-6-10-21(15-19)24-16-20-7-4-5-8-22(20)17-26-24/h4-17H,1-3H3. The lowest BCUT2D eigenvalue weighted by Crippen LogP contribution is -2.10. The molecule has 1 heterocycles. The summed E-state index contributed by atoms with van der Waals surface area (Å²) >= 11 is 0. The van der Waals surface area contributed by atoms with Crippen LogP contribution in [0.15, 0.2) is 85.1 Å². The largest absolute Gasteiger partial charge is 0.256 e. The Morgan fingerprint density at radius 2 is 1.31 bits per heavy atom. The van der Waals surface area contributed by atoms with E-state index in [4.69, 9.17) is 0 Å². The van der Waals surface area contributed by atoms with E-state index in [0.29, 0.717) is 0 Å². The van der Waals surface area contributed by atoms with E-state index >= 15 is 0 Å². The Labute approximate surface area is 155 Å². The summed E-state index contributed by atoms with van der Waals surface area (Å²) in [6.45, 7) is 6.73. The molecule has 1 heteroatoms. The molecule has 0 bridgehead atoms. The van der Waals surface area contributed by atoms with Gasteiger partial charge >= 0.3 is 0 Å². The Morgan fingerprint density at radius 1 is 0.615 bits per heavy atom. The zero-order valence-corrected chi connectivity index (χ0v) is 15.5. The molecule has 4 rings (SSSR count). The van der Waals surface area contributed by atoms with Gasteiger partial charge < -0.3 is 0 Å². The molecule has 0 fully saturated rings. The number of aromatic nitrogens is 1. The Kier molecular flexibility index (Phi) is 4.08. The van der Waals surface area contributed by atoms with Crippen LogP contribution < -0.4 is 0 Å². The summed E-state index contributed by atoms with van der Waals surface area (Å²) in [6.07, 6.45) is 1.95. The maximum atomic E-state index is 4.66. The van der Waals surface area contributed by atoms with Crippen LogP contribution in [-0.2, 0) is 5.41 Å². The van der Waals surface area contributed by atoms with Crippen LogP contribution in [0, 0.1) is 0 Å².